The maximum Gasteiger partial charge on any atom is 0.322 e. The highest BCUT2D eigenvalue weighted by Crippen LogP contribution is 2.36. The summed E-state index contributed by atoms with van der Waals surface area (Å²) in [6.07, 6.45) is 1.62. The van der Waals surface area contributed by atoms with E-state index in [2.05, 4.69) is 5.32 Å². The van der Waals surface area contributed by atoms with E-state index in [-0.39, 0.29) is 0 Å². The van der Waals surface area contributed by atoms with Crippen LogP contribution < -0.4 is 5.32 Å². The Labute approximate surface area is 94.4 Å². The van der Waals surface area contributed by atoms with Crippen LogP contribution in [0.25, 0.3) is 0 Å². The number of carboxylic acids is 1. The Morgan fingerprint density at radius 2 is 2.38 bits per heavy atom. The number of carboxylic acid groups (broad SMARTS) is 1. The molecule has 92 valence electrons. The van der Waals surface area contributed by atoms with Gasteiger partial charge in [0.25, 0.3) is 0 Å². The Morgan fingerprint density at radius 1 is 1.69 bits per heavy atom. The molecule has 0 aliphatic carbocycles. The Kier molecular flexibility index (Phi) is 4.68. The van der Waals surface area contributed by atoms with Crippen LogP contribution in [-0.2, 0) is 9.36 Å². The van der Waals surface area contributed by atoms with E-state index in [1.165, 1.54) is 12.5 Å². The normalized spacial score (nSPS) is 26.8. The van der Waals surface area contributed by atoms with Gasteiger partial charge >= 0.3 is 5.97 Å². The van der Waals surface area contributed by atoms with Gasteiger partial charge in [0.2, 0.25) is 7.37 Å². The first-order valence-electron chi connectivity index (χ1n) is 5.05. The molecule has 0 amide bonds. The van der Waals surface area contributed by atoms with Crippen molar-refractivity contribution < 1.29 is 19.4 Å². The summed E-state index contributed by atoms with van der Waals surface area (Å²) in [5.74, 6) is 0.419. The number of hydrogen-bond donors (Lipinski definition) is 3. The number of carbonyl (C=O) groups is 1. The molecule has 0 aromatic carbocycles. The third-order valence-electron chi connectivity index (χ3n) is 2.30. The van der Waals surface area contributed by atoms with Crippen molar-refractivity contribution in [2.24, 2.45) is 0 Å². The van der Waals surface area contributed by atoms with Gasteiger partial charge in [-0.1, -0.05) is 6.08 Å². The number of hydrogen-bond acceptors (Lipinski definition) is 4. The highest BCUT2D eigenvalue weighted by molar-refractivity contribution is 7.60. The maximum absolute atomic E-state index is 11.0. The van der Waals surface area contributed by atoms with Crippen LogP contribution in [0.3, 0.4) is 0 Å². The molecule has 1 aliphatic heterocycles. The second kappa shape index (κ2) is 5.59. The van der Waals surface area contributed by atoms with Crippen LogP contribution in [0.15, 0.2) is 11.9 Å². The van der Waals surface area contributed by atoms with Gasteiger partial charge in [-0.05, 0) is 5.82 Å². The Bertz CT molecular complexity index is 325. The molecule has 1 heterocycles. The number of nitrogens with one attached hydrogen (secondary N) is 1. The third-order valence-corrected chi connectivity index (χ3v) is 3.07. The van der Waals surface area contributed by atoms with E-state index in [0.29, 0.717) is 19.6 Å². The average molecular weight is 248 g/mol. The maximum atomic E-state index is 11.0. The Hall–Kier alpha value is -0.680. The standard InChI is InChI=1S/C9H17N2O4P/c1-16(14,15)6-2-4-11-5-3-10-8(7-11)9(12)13/h2,6,8,10H,3-5,7H2,1H3,(H,12,13)(H,14,15)/b6-2+. The van der Waals surface area contributed by atoms with Crippen LogP contribution in [0.4, 0.5) is 0 Å². The number of nitrogens with zero attached hydrogens (tertiary/aromatic N) is 1. The molecular formula is C9H17N2O4P. The zero-order valence-corrected chi connectivity index (χ0v) is 10.1. The fourth-order valence-electron chi connectivity index (χ4n) is 1.53. The van der Waals surface area contributed by atoms with Gasteiger partial charge in [-0.2, -0.15) is 0 Å². The van der Waals surface area contributed by atoms with Crippen LogP contribution >= 0.6 is 7.37 Å². The molecule has 0 aromatic rings. The lowest BCUT2D eigenvalue weighted by atomic mass is 10.2. The minimum Gasteiger partial charge on any atom is -0.480 e. The lowest BCUT2D eigenvalue weighted by molar-refractivity contribution is -0.140. The van der Waals surface area contributed by atoms with Crippen molar-refractivity contribution in [2.45, 2.75) is 6.04 Å². The van der Waals surface area contributed by atoms with Crippen LogP contribution in [0.1, 0.15) is 0 Å². The minimum absolute atomic E-state index is 0.416. The number of rotatable bonds is 4. The molecule has 1 saturated heterocycles. The molecule has 2 unspecified atom stereocenters. The van der Waals surface area contributed by atoms with Crippen molar-refractivity contribution in [2.75, 3.05) is 32.8 Å². The molecule has 0 bridgehead atoms. The molecule has 0 saturated carbocycles. The molecule has 0 spiro atoms. The highest BCUT2D eigenvalue weighted by atomic mass is 31.2. The molecule has 2 atom stereocenters. The Balaban J connectivity index is 2.41. The Morgan fingerprint density at radius 3 is 2.94 bits per heavy atom. The van der Waals surface area contributed by atoms with Crippen LogP contribution in [0.5, 0.6) is 0 Å². The van der Waals surface area contributed by atoms with E-state index in [9.17, 15) is 9.36 Å². The summed E-state index contributed by atoms with van der Waals surface area (Å²) in [6.45, 7) is 3.55. The van der Waals surface area contributed by atoms with E-state index in [0.717, 1.165) is 6.54 Å². The summed E-state index contributed by atoms with van der Waals surface area (Å²) in [7, 11) is -3.11. The summed E-state index contributed by atoms with van der Waals surface area (Å²) in [5.41, 5.74) is 0. The average Bonchev–Trinajstić information content (AvgIpc) is 2.16. The SMILES string of the molecule is CP(=O)(O)/C=C/CN1CCNC(C(=O)O)C1. The predicted octanol–water partition coefficient (Wildman–Crippen LogP) is -0.241. The first kappa shape index (κ1) is 13.4. The van der Waals surface area contributed by atoms with Crippen LogP contribution in [0.2, 0.25) is 0 Å². The second-order valence-corrected chi connectivity index (χ2v) is 6.12. The number of aliphatic carboxylic acids is 1. The molecular weight excluding hydrogens is 231 g/mol. The van der Waals surface area contributed by atoms with E-state index in [1.807, 2.05) is 4.90 Å². The predicted molar refractivity (Wildman–Crippen MR) is 60.8 cm³/mol. The molecule has 1 fully saturated rings. The highest BCUT2D eigenvalue weighted by Gasteiger charge is 2.23. The molecule has 6 nitrogen and oxygen atoms in total. The van der Waals surface area contributed by atoms with Crippen molar-refractivity contribution in [3.63, 3.8) is 0 Å². The topological polar surface area (TPSA) is 89.9 Å². The van der Waals surface area contributed by atoms with E-state index < -0.39 is 19.4 Å². The van der Waals surface area contributed by atoms with E-state index >= 15 is 0 Å². The van der Waals surface area contributed by atoms with Crippen molar-refractivity contribution in [3.05, 3.63) is 11.9 Å². The molecule has 0 aromatic heterocycles. The smallest absolute Gasteiger partial charge is 0.322 e. The summed E-state index contributed by atoms with van der Waals surface area (Å²) < 4.78 is 11.0. The first-order valence-corrected chi connectivity index (χ1v) is 7.22. The van der Waals surface area contributed by atoms with Gasteiger partial charge in [0.05, 0.1) is 0 Å². The molecule has 1 rings (SSSR count). The molecule has 16 heavy (non-hydrogen) atoms. The van der Waals surface area contributed by atoms with Gasteiger partial charge in [0, 0.05) is 32.8 Å². The molecule has 1 aliphatic rings. The first-order chi connectivity index (χ1) is 7.38. The summed E-state index contributed by atoms with van der Waals surface area (Å²) in [6, 6.07) is -0.551. The monoisotopic (exact) mass is 248 g/mol. The lowest BCUT2D eigenvalue weighted by Gasteiger charge is -2.30. The summed E-state index contributed by atoms with van der Waals surface area (Å²) in [4.78, 5) is 21.7. The van der Waals surface area contributed by atoms with Gasteiger partial charge in [-0.3, -0.25) is 14.3 Å². The van der Waals surface area contributed by atoms with E-state index in [4.69, 9.17) is 10.00 Å². The number of piperazine rings is 1. The van der Waals surface area contributed by atoms with Crippen molar-refractivity contribution in [1.82, 2.24) is 10.2 Å². The molecule has 7 heteroatoms. The zero-order chi connectivity index (χ0) is 12.2. The molecule has 0 radical (unpaired) electrons. The van der Waals surface area contributed by atoms with Gasteiger partial charge < -0.3 is 15.3 Å². The van der Waals surface area contributed by atoms with Gasteiger partial charge in [-0.15, -0.1) is 0 Å². The van der Waals surface area contributed by atoms with Gasteiger partial charge in [-0.25, -0.2) is 0 Å². The zero-order valence-electron chi connectivity index (χ0n) is 9.17. The summed E-state index contributed by atoms with van der Waals surface area (Å²) >= 11 is 0. The third kappa shape index (κ3) is 4.90. The fraction of sp³-hybridized carbons (Fsp3) is 0.667. The van der Waals surface area contributed by atoms with Crippen molar-refractivity contribution in [1.29, 1.82) is 0 Å². The second-order valence-electron chi connectivity index (χ2n) is 3.93. The van der Waals surface area contributed by atoms with Crippen molar-refractivity contribution >= 4 is 13.3 Å². The van der Waals surface area contributed by atoms with Gasteiger partial charge in [0.1, 0.15) is 6.04 Å². The lowest BCUT2D eigenvalue weighted by Crippen LogP contribution is -2.54. The van der Waals surface area contributed by atoms with Crippen LogP contribution in [0, 0.1) is 0 Å². The van der Waals surface area contributed by atoms with E-state index in [1.54, 1.807) is 6.08 Å². The molecule has 3 N–H and O–H groups in total. The minimum atomic E-state index is -3.11. The van der Waals surface area contributed by atoms with Gasteiger partial charge in [0.15, 0.2) is 0 Å². The summed E-state index contributed by atoms with van der Waals surface area (Å²) in [5, 5.41) is 11.7. The van der Waals surface area contributed by atoms with Crippen LogP contribution in [-0.4, -0.2) is 59.8 Å². The largest absolute Gasteiger partial charge is 0.480 e. The van der Waals surface area contributed by atoms with Crippen molar-refractivity contribution in [3.8, 4) is 0 Å². The fourth-order valence-corrected chi connectivity index (χ4v) is 2.02. The quantitative estimate of drug-likeness (QED) is 0.595.